The molecule has 0 amide bonds. The smallest absolute Gasteiger partial charge is 0.191 e. The van der Waals surface area contributed by atoms with Gasteiger partial charge in [0.05, 0.1) is 25.9 Å². The third kappa shape index (κ3) is 8.52. The zero-order valence-electron chi connectivity index (χ0n) is 20.8. The summed E-state index contributed by atoms with van der Waals surface area (Å²) in [6.45, 7) is 14.5. The average Bonchev–Trinajstić information content (AvgIpc) is 2.84. The van der Waals surface area contributed by atoms with Gasteiger partial charge < -0.3 is 25.0 Å². The van der Waals surface area contributed by atoms with E-state index in [9.17, 15) is 0 Å². The lowest BCUT2D eigenvalue weighted by Crippen LogP contribution is -2.53. The Bertz CT molecular complexity index is 695. The van der Waals surface area contributed by atoms with E-state index >= 15 is 0 Å². The Morgan fingerprint density at radius 1 is 1.15 bits per heavy atom. The van der Waals surface area contributed by atoms with Crippen molar-refractivity contribution in [1.29, 1.82) is 0 Å². The summed E-state index contributed by atoms with van der Waals surface area (Å²) in [5, 5.41) is 7.02. The van der Waals surface area contributed by atoms with E-state index in [4.69, 9.17) is 9.47 Å². The Morgan fingerprint density at radius 2 is 1.91 bits per heavy atom. The number of anilines is 1. The van der Waals surface area contributed by atoms with Crippen LogP contribution in [0.15, 0.2) is 23.3 Å². The van der Waals surface area contributed by atoms with Crippen molar-refractivity contribution in [3.05, 3.63) is 23.9 Å². The molecule has 2 unspecified atom stereocenters. The van der Waals surface area contributed by atoms with Crippen molar-refractivity contribution in [2.75, 3.05) is 64.5 Å². The topological polar surface area (TPSA) is 74.2 Å². The van der Waals surface area contributed by atoms with E-state index in [1.165, 1.54) is 12.8 Å². The number of hydrogen-bond acceptors (Lipinski definition) is 6. The minimum Gasteiger partial charge on any atom is -0.379 e. The molecule has 0 aromatic carbocycles. The van der Waals surface area contributed by atoms with Crippen LogP contribution in [-0.4, -0.2) is 87.6 Å². The van der Waals surface area contributed by atoms with E-state index in [-0.39, 0.29) is 30.1 Å². The predicted octanol–water partition coefficient (Wildman–Crippen LogP) is 2.73. The first-order chi connectivity index (χ1) is 15.6. The number of rotatable bonds is 9. The maximum absolute atomic E-state index is 5.63. The average molecular weight is 575 g/mol. The SMILES string of the molecule is CCC(CC)C(CNC(=NC)NCc1ccc(N2CCOC(C)C2)nc1)N1CCOCC1.I. The lowest BCUT2D eigenvalue weighted by Gasteiger charge is -2.39. The molecule has 1 aromatic rings. The van der Waals surface area contributed by atoms with Crippen molar-refractivity contribution in [1.82, 2.24) is 20.5 Å². The summed E-state index contributed by atoms with van der Waals surface area (Å²) in [7, 11) is 1.83. The molecule has 3 rings (SSSR count). The van der Waals surface area contributed by atoms with E-state index in [0.29, 0.717) is 18.5 Å². The number of aromatic nitrogens is 1. The molecule has 0 saturated carbocycles. The number of hydrogen-bond donors (Lipinski definition) is 2. The molecule has 33 heavy (non-hydrogen) atoms. The number of nitrogens with zero attached hydrogens (tertiary/aromatic N) is 4. The molecule has 2 atom stereocenters. The molecule has 2 saturated heterocycles. The standard InChI is InChI=1S/C24H42N6O2.HI/c1-5-21(6-2)22(29-9-12-31-13-10-29)17-28-24(25-4)27-16-20-7-8-23(26-15-20)30-11-14-32-19(3)18-30;/h7-8,15,19,21-22H,5-6,9-14,16-18H2,1-4H3,(H2,25,27,28);1H. The van der Waals surface area contributed by atoms with Crippen molar-refractivity contribution < 1.29 is 9.47 Å². The predicted molar refractivity (Wildman–Crippen MR) is 146 cm³/mol. The van der Waals surface area contributed by atoms with Gasteiger partial charge in [-0.1, -0.05) is 32.8 Å². The van der Waals surface area contributed by atoms with Gasteiger partial charge in [-0.25, -0.2) is 4.98 Å². The third-order valence-electron chi connectivity index (χ3n) is 6.64. The Kier molecular flexibility index (Phi) is 12.7. The normalized spacial score (nSPS) is 20.9. The van der Waals surface area contributed by atoms with Crippen LogP contribution in [0, 0.1) is 5.92 Å². The number of halogens is 1. The highest BCUT2D eigenvalue weighted by molar-refractivity contribution is 14.0. The van der Waals surface area contributed by atoms with Crippen LogP contribution in [0.5, 0.6) is 0 Å². The summed E-state index contributed by atoms with van der Waals surface area (Å²) in [4.78, 5) is 14.0. The Balaban J connectivity index is 0.00000385. The summed E-state index contributed by atoms with van der Waals surface area (Å²) < 4.78 is 11.2. The van der Waals surface area contributed by atoms with Crippen LogP contribution in [0.3, 0.4) is 0 Å². The van der Waals surface area contributed by atoms with Gasteiger partial charge >= 0.3 is 0 Å². The number of aliphatic imine (C=N–C) groups is 1. The van der Waals surface area contributed by atoms with Crippen molar-refractivity contribution in [3.63, 3.8) is 0 Å². The zero-order valence-corrected chi connectivity index (χ0v) is 23.1. The Hall–Kier alpha value is -1.17. The quantitative estimate of drug-likeness (QED) is 0.267. The first kappa shape index (κ1) is 28.1. The van der Waals surface area contributed by atoms with Crippen LogP contribution < -0.4 is 15.5 Å². The minimum atomic E-state index is 0. The third-order valence-corrected chi connectivity index (χ3v) is 6.64. The van der Waals surface area contributed by atoms with E-state index < -0.39 is 0 Å². The van der Waals surface area contributed by atoms with Gasteiger partial charge in [0.15, 0.2) is 5.96 Å². The van der Waals surface area contributed by atoms with E-state index in [1.807, 2.05) is 13.2 Å². The molecular formula is C24H43IN6O2. The summed E-state index contributed by atoms with van der Waals surface area (Å²) in [5.41, 5.74) is 1.14. The highest BCUT2D eigenvalue weighted by atomic mass is 127. The largest absolute Gasteiger partial charge is 0.379 e. The maximum Gasteiger partial charge on any atom is 0.191 e. The zero-order chi connectivity index (χ0) is 22.8. The second-order valence-electron chi connectivity index (χ2n) is 8.75. The van der Waals surface area contributed by atoms with Crippen LogP contribution in [-0.2, 0) is 16.0 Å². The summed E-state index contributed by atoms with van der Waals surface area (Å²) in [6, 6.07) is 4.74. The molecule has 2 N–H and O–H groups in total. The van der Waals surface area contributed by atoms with Crippen LogP contribution in [0.25, 0.3) is 0 Å². The van der Waals surface area contributed by atoms with Gasteiger partial charge in [0.2, 0.25) is 0 Å². The summed E-state index contributed by atoms with van der Waals surface area (Å²) in [6.07, 6.45) is 4.58. The van der Waals surface area contributed by atoms with E-state index in [2.05, 4.69) is 63.3 Å². The molecule has 0 spiro atoms. The van der Waals surface area contributed by atoms with E-state index in [1.54, 1.807) is 0 Å². The van der Waals surface area contributed by atoms with Gasteiger partial charge in [0.1, 0.15) is 5.82 Å². The van der Waals surface area contributed by atoms with Gasteiger partial charge in [-0.15, -0.1) is 24.0 Å². The Labute approximate surface area is 216 Å². The molecule has 1 aromatic heterocycles. The molecule has 0 aliphatic carbocycles. The second kappa shape index (κ2) is 15.0. The fraction of sp³-hybridized carbons (Fsp3) is 0.750. The second-order valence-corrected chi connectivity index (χ2v) is 8.75. The lowest BCUT2D eigenvalue weighted by atomic mass is 9.92. The molecular weight excluding hydrogens is 531 g/mol. The molecule has 2 aliphatic heterocycles. The molecule has 2 aliphatic rings. The molecule has 2 fully saturated rings. The number of ether oxygens (including phenoxy) is 2. The number of morpholine rings is 2. The molecule has 3 heterocycles. The van der Waals surface area contributed by atoms with Crippen LogP contribution in [0.2, 0.25) is 0 Å². The van der Waals surface area contributed by atoms with Crippen LogP contribution in [0.1, 0.15) is 39.2 Å². The molecule has 188 valence electrons. The maximum atomic E-state index is 5.63. The van der Waals surface area contributed by atoms with Gasteiger partial charge in [0.25, 0.3) is 0 Å². The number of nitrogens with one attached hydrogen (secondary N) is 2. The first-order valence-corrected chi connectivity index (χ1v) is 12.2. The van der Waals surface area contributed by atoms with Gasteiger partial charge in [-0.05, 0) is 24.5 Å². The van der Waals surface area contributed by atoms with Crippen molar-refractivity contribution in [2.24, 2.45) is 10.9 Å². The highest BCUT2D eigenvalue weighted by Crippen LogP contribution is 2.20. The van der Waals surface area contributed by atoms with Crippen LogP contribution >= 0.6 is 24.0 Å². The van der Waals surface area contributed by atoms with Crippen LogP contribution in [0.4, 0.5) is 5.82 Å². The first-order valence-electron chi connectivity index (χ1n) is 12.2. The van der Waals surface area contributed by atoms with Crippen molar-refractivity contribution in [3.8, 4) is 0 Å². The fourth-order valence-electron chi connectivity index (χ4n) is 4.68. The number of guanidine groups is 1. The van der Waals surface area contributed by atoms with Crippen molar-refractivity contribution >= 4 is 35.8 Å². The molecule has 8 nitrogen and oxygen atoms in total. The fourth-order valence-corrected chi connectivity index (χ4v) is 4.68. The van der Waals surface area contributed by atoms with Gasteiger partial charge in [0, 0.05) is 58.6 Å². The molecule has 9 heteroatoms. The van der Waals surface area contributed by atoms with Gasteiger partial charge in [-0.2, -0.15) is 0 Å². The Morgan fingerprint density at radius 3 is 2.52 bits per heavy atom. The highest BCUT2D eigenvalue weighted by Gasteiger charge is 2.27. The van der Waals surface area contributed by atoms with Crippen molar-refractivity contribution in [2.45, 2.75) is 52.3 Å². The summed E-state index contributed by atoms with van der Waals surface area (Å²) >= 11 is 0. The van der Waals surface area contributed by atoms with E-state index in [0.717, 1.165) is 69.9 Å². The molecule has 0 radical (unpaired) electrons. The monoisotopic (exact) mass is 574 g/mol. The minimum absolute atomic E-state index is 0. The summed E-state index contributed by atoms with van der Waals surface area (Å²) in [5.74, 6) is 2.52. The lowest BCUT2D eigenvalue weighted by molar-refractivity contribution is 0.00272. The molecule has 0 bridgehead atoms. The van der Waals surface area contributed by atoms with Gasteiger partial charge in [-0.3, -0.25) is 9.89 Å². The number of pyridine rings is 1.